The van der Waals surface area contributed by atoms with Crippen LogP contribution in [-0.2, 0) is 32.2 Å². The molecule has 2 aromatic rings. The summed E-state index contributed by atoms with van der Waals surface area (Å²) in [6.07, 6.45) is -0.909. The first kappa shape index (κ1) is 31.2. The molecule has 0 bridgehead atoms. The Hall–Kier alpha value is -3.34. The van der Waals surface area contributed by atoms with Crippen LogP contribution in [0, 0.1) is 5.41 Å². The molecule has 0 radical (unpaired) electrons. The number of rotatable bonds is 12. The fourth-order valence-corrected chi connectivity index (χ4v) is 5.34. The summed E-state index contributed by atoms with van der Waals surface area (Å²) in [7, 11) is 0. The molecule has 3 atom stereocenters. The van der Waals surface area contributed by atoms with E-state index in [-0.39, 0.29) is 38.8 Å². The molecule has 1 aliphatic rings. The molecule has 3 unspecified atom stereocenters. The first-order valence-electron chi connectivity index (χ1n) is 12.9. The van der Waals surface area contributed by atoms with Gasteiger partial charge in [0, 0.05) is 35.0 Å². The zero-order valence-corrected chi connectivity index (χ0v) is 23.7. The van der Waals surface area contributed by atoms with E-state index in [9.17, 15) is 29.4 Å². The number of aliphatic carboxylic acids is 1. The van der Waals surface area contributed by atoms with Gasteiger partial charge >= 0.3 is 5.97 Å². The lowest BCUT2D eigenvalue weighted by Crippen LogP contribution is -2.58. The van der Waals surface area contributed by atoms with E-state index in [4.69, 9.17) is 33.7 Å². The van der Waals surface area contributed by atoms with Crippen LogP contribution in [0.25, 0.3) is 0 Å². The number of aliphatic hydroxyl groups is 1. The van der Waals surface area contributed by atoms with E-state index in [1.165, 1.54) is 0 Å². The molecule has 12 heteroatoms. The third-order valence-corrected chi connectivity index (χ3v) is 8.04. The average Bonchev–Trinajstić information content (AvgIpc) is 3.31. The second-order valence-electron chi connectivity index (χ2n) is 9.76. The molecule has 1 heterocycles. The van der Waals surface area contributed by atoms with E-state index in [2.05, 4.69) is 5.32 Å². The van der Waals surface area contributed by atoms with Crippen LogP contribution in [-0.4, -0.2) is 63.5 Å². The predicted octanol–water partition coefficient (Wildman–Crippen LogP) is 2.94. The van der Waals surface area contributed by atoms with Crippen molar-refractivity contribution in [1.29, 1.82) is 0 Å². The zero-order chi connectivity index (χ0) is 29.6. The fraction of sp³-hybridized carbons (Fsp3) is 0.429. The van der Waals surface area contributed by atoms with Crippen LogP contribution >= 0.6 is 23.2 Å². The van der Waals surface area contributed by atoms with E-state index in [1.807, 2.05) is 0 Å². The quantitative estimate of drug-likeness (QED) is 0.275. The summed E-state index contributed by atoms with van der Waals surface area (Å²) in [6, 6.07) is 9.44. The maximum Gasteiger partial charge on any atom is 0.326 e. The van der Waals surface area contributed by atoms with Gasteiger partial charge in [-0.3, -0.25) is 14.4 Å². The van der Waals surface area contributed by atoms with Crippen LogP contribution in [0.5, 0.6) is 5.75 Å². The minimum Gasteiger partial charge on any atom is -0.489 e. The van der Waals surface area contributed by atoms with Gasteiger partial charge in [-0.15, -0.1) is 0 Å². The second-order valence-corrected chi connectivity index (χ2v) is 10.6. The van der Waals surface area contributed by atoms with Gasteiger partial charge in [-0.25, -0.2) is 4.79 Å². The minimum absolute atomic E-state index is 0.0188. The first-order chi connectivity index (χ1) is 18.9. The maximum absolute atomic E-state index is 13.6. The number of benzene rings is 2. The number of primary amides is 1. The molecule has 5 N–H and O–H groups in total. The van der Waals surface area contributed by atoms with E-state index in [0.29, 0.717) is 26.9 Å². The molecule has 2 aromatic carbocycles. The normalized spacial score (nSPS) is 17.8. The van der Waals surface area contributed by atoms with Gasteiger partial charge in [-0.1, -0.05) is 55.2 Å². The zero-order valence-electron chi connectivity index (χ0n) is 22.2. The first-order valence-corrected chi connectivity index (χ1v) is 13.7. The van der Waals surface area contributed by atoms with Gasteiger partial charge in [0.25, 0.3) is 0 Å². The van der Waals surface area contributed by atoms with E-state index in [0.717, 1.165) is 4.90 Å². The summed E-state index contributed by atoms with van der Waals surface area (Å²) in [4.78, 5) is 52.1. The molecule has 10 nitrogen and oxygen atoms in total. The molecular formula is C28H33Cl2N3O7. The Kier molecular flexibility index (Phi) is 10.4. The summed E-state index contributed by atoms with van der Waals surface area (Å²) in [5.41, 5.74) is 5.04. The van der Waals surface area contributed by atoms with Crippen molar-refractivity contribution in [3.8, 4) is 5.75 Å². The number of ether oxygens (including phenoxy) is 1. The summed E-state index contributed by atoms with van der Waals surface area (Å²) in [5.74, 6) is -2.98. The van der Waals surface area contributed by atoms with Crippen LogP contribution in [0.3, 0.4) is 0 Å². The third kappa shape index (κ3) is 6.86. The van der Waals surface area contributed by atoms with Crippen molar-refractivity contribution in [2.45, 2.75) is 64.3 Å². The Balaban J connectivity index is 1.72. The van der Waals surface area contributed by atoms with Gasteiger partial charge in [0.05, 0.1) is 6.10 Å². The van der Waals surface area contributed by atoms with Gasteiger partial charge < -0.3 is 30.9 Å². The van der Waals surface area contributed by atoms with Crippen LogP contribution in [0.1, 0.15) is 44.2 Å². The number of carbonyl (C=O) groups excluding carboxylic acids is 3. The van der Waals surface area contributed by atoms with Gasteiger partial charge in [0.2, 0.25) is 17.7 Å². The van der Waals surface area contributed by atoms with Gasteiger partial charge in [0.15, 0.2) is 0 Å². The molecule has 0 aliphatic carbocycles. The number of nitrogens with two attached hydrogens (primary N) is 1. The van der Waals surface area contributed by atoms with Crippen molar-refractivity contribution >= 4 is 46.9 Å². The highest BCUT2D eigenvalue weighted by Crippen LogP contribution is 2.33. The number of hydrogen-bond donors (Lipinski definition) is 4. The van der Waals surface area contributed by atoms with E-state index in [1.54, 1.807) is 56.3 Å². The predicted molar refractivity (Wildman–Crippen MR) is 149 cm³/mol. The number of nitrogens with zero attached hydrogens (tertiary/aromatic N) is 1. The lowest BCUT2D eigenvalue weighted by atomic mass is 9.79. The van der Waals surface area contributed by atoms with Gasteiger partial charge in [-0.2, -0.15) is 0 Å². The minimum atomic E-state index is -1.64. The monoisotopic (exact) mass is 593 g/mol. The van der Waals surface area contributed by atoms with Gasteiger partial charge in [-0.05, 0) is 42.7 Å². The number of carboxylic acid groups (broad SMARTS) is 1. The highest BCUT2D eigenvalue weighted by molar-refractivity contribution is 6.35. The smallest absolute Gasteiger partial charge is 0.326 e. The van der Waals surface area contributed by atoms with Crippen molar-refractivity contribution in [3.63, 3.8) is 0 Å². The van der Waals surface area contributed by atoms with Crippen LogP contribution in [0.2, 0.25) is 10.0 Å². The molecule has 1 fully saturated rings. The number of aliphatic hydroxyl groups excluding tert-OH is 1. The van der Waals surface area contributed by atoms with Crippen LogP contribution < -0.4 is 15.8 Å². The average molecular weight is 594 g/mol. The summed E-state index contributed by atoms with van der Waals surface area (Å²) >= 11 is 12.4. The maximum atomic E-state index is 13.6. The number of hydrogen-bond acceptors (Lipinski definition) is 6. The van der Waals surface area contributed by atoms with Crippen LogP contribution in [0.4, 0.5) is 0 Å². The number of carboxylic acids is 1. The summed E-state index contributed by atoms with van der Waals surface area (Å²) in [5, 5.41) is 23.4. The number of halogens is 2. The molecule has 1 saturated heterocycles. The van der Waals surface area contributed by atoms with Crippen molar-refractivity contribution in [2.75, 3.05) is 6.54 Å². The van der Waals surface area contributed by atoms with Crippen molar-refractivity contribution in [2.24, 2.45) is 11.1 Å². The fourth-order valence-electron chi connectivity index (χ4n) is 4.83. The molecule has 0 aromatic heterocycles. The lowest BCUT2D eigenvalue weighted by molar-refractivity contribution is -0.156. The number of likely N-dealkylation sites (tertiary alicyclic amines) is 1. The summed E-state index contributed by atoms with van der Waals surface area (Å²) < 4.78 is 5.76. The number of amides is 3. The van der Waals surface area contributed by atoms with E-state index >= 15 is 0 Å². The molecule has 0 spiro atoms. The van der Waals surface area contributed by atoms with E-state index < -0.39 is 47.3 Å². The molecule has 3 rings (SSSR count). The highest BCUT2D eigenvalue weighted by Gasteiger charge is 2.50. The topological polar surface area (TPSA) is 159 Å². The standard InChI is InChI=1S/C28H33Cl2N3O7/c1-3-28(4-2,27(39)33-14-17(34)13-23(33)24(31)35)26(38)32-22(25(36)37)12-16-8-10-18(11-9-16)40-15-19-20(29)6-5-7-21(19)30/h5-11,17,22-23,34H,3-4,12-15H2,1-2H3,(H2,31,35)(H,32,38)(H,36,37). The Morgan fingerprint density at radius 2 is 1.70 bits per heavy atom. The number of nitrogens with one attached hydrogen (secondary N) is 1. The van der Waals surface area contributed by atoms with Gasteiger partial charge in [0.1, 0.15) is 29.9 Å². The van der Waals surface area contributed by atoms with Crippen LogP contribution in [0.15, 0.2) is 42.5 Å². The second kappa shape index (κ2) is 13.3. The van der Waals surface area contributed by atoms with Crippen molar-refractivity contribution < 1.29 is 34.1 Å². The number of β-amino-alcohol motifs (C(OH)–C–C–N with tert-alkyl or cyclic N) is 1. The molecule has 0 saturated carbocycles. The van der Waals surface area contributed by atoms with Crippen molar-refractivity contribution in [3.05, 3.63) is 63.6 Å². The molecular weight excluding hydrogens is 561 g/mol. The Morgan fingerprint density at radius 1 is 1.10 bits per heavy atom. The highest BCUT2D eigenvalue weighted by atomic mass is 35.5. The Morgan fingerprint density at radius 3 is 2.23 bits per heavy atom. The molecule has 3 amide bonds. The molecule has 216 valence electrons. The Bertz CT molecular complexity index is 1230. The molecule has 40 heavy (non-hydrogen) atoms. The number of carbonyl (C=O) groups is 4. The lowest BCUT2D eigenvalue weighted by Gasteiger charge is -2.35. The third-order valence-electron chi connectivity index (χ3n) is 7.33. The SMILES string of the molecule is CCC(CC)(C(=O)NC(Cc1ccc(OCc2c(Cl)cccc2Cl)cc1)C(=O)O)C(=O)N1CC(O)CC1C(N)=O. The molecule has 1 aliphatic heterocycles. The summed E-state index contributed by atoms with van der Waals surface area (Å²) in [6.45, 7) is 3.27. The largest absolute Gasteiger partial charge is 0.489 e. The van der Waals surface area contributed by atoms with Crippen molar-refractivity contribution in [1.82, 2.24) is 10.2 Å². The Labute approximate surface area is 242 Å².